The van der Waals surface area contributed by atoms with E-state index in [0.717, 1.165) is 24.8 Å². The molecule has 2 rings (SSSR count). The standard InChI is InChI=1S/C17H28N4O4S.HI/c1-24-15-8-7-12(9-16(15)25-2)10-19-17(18)20-11-13-5-4-6-14(13)21-26(3,22)23;/h7-9,13-14,21H,4-6,10-11H2,1-3H3,(H3,18,19,20);1H. The molecule has 2 atom stereocenters. The Hall–Kier alpha value is -1.27. The Morgan fingerprint density at radius 1 is 1.26 bits per heavy atom. The highest BCUT2D eigenvalue weighted by atomic mass is 127. The van der Waals surface area contributed by atoms with Crippen LogP contribution in [0.5, 0.6) is 11.5 Å². The highest BCUT2D eigenvalue weighted by Gasteiger charge is 2.29. The second-order valence-corrected chi connectivity index (χ2v) is 8.24. The van der Waals surface area contributed by atoms with E-state index in [2.05, 4.69) is 15.0 Å². The zero-order chi connectivity index (χ0) is 19.2. The van der Waals surface area contributed by atoms with Gasteiger partial charge in [0.1, 0.15) is 0 Å². The van der Waals surface area contributed by atoms with Crippen molar-refractivity contribution in [2.24, 2.45) is 16.6 Å². The molecule has 1 fully saturated rings. The Morgan fingerprint density at radius 2 is 1.96 bits per heavy atom. The molecule has 1 aromatic rings. The predicted octanol–water partition coefficient (Wildman–Crippen LogP) is 1.44. The average Bonchev–Trinajstić information content (AvgIpc) is 3.02. The van der Waals surface area contributed by atoms with Gasteiger partial charge in [-0.3, -0.25) is 0 Å². The third-order valence-electron chi connectivity index (χ3n) is 4.45. The van der Waals surface area contributed by atoms with Crippen LogP contribution in [0.25, 0.3) is 0 Å². The Bertz CT molecular complexity index is 742. The van der Waals surface area contributed by atoms with E-state index in [4.69, 9.17) is 15.2 Å². The molecule has 1 saturated carbocycles. The van der Waals surface area contributed by atoms with Crippen molar-refractivity contribution >= 4 is 40.0 Å². The zero-order valence-corrected chi connectivity index (χ0v) is 19.0. The molecule has 0 bridgehead atoms. The summed E-state index contributed by atoms with van der Waals surface area (Å²) in [4.78, 5) is 4.33. The summed E-state index contributed by atoms with van der Waals surface area (Å²) in [5, 5.41) is 3.10. The zero-order valence-electron chi connectivity index (χ0n) is 15.9. The van der Waals surface area contributed by atoms with E-state index < -0.39 is 10.0 Å². The first-order valence-electron chi connectivity index (χ1n) is 8.54. The Morgan fingerprint density at radius 3 is 2.59 bits per heavy atom. The summed E-state index contributed by atoms with van der Waals surface area (Å²) in [5.41, 5.74) is 6.89. The highest BCUT2D eigenvalue weighted by molar-refractivity contribution is 14.0. The van der Waals surface area contributed by atoms with Gasteiger partial charge in [-0.15, -0.1) is 24.0 Å². The van der Waals surface area contributed by atoms with Gasteiger partial charge in [0.25, 0.3) is 0 Å². The molecule has 0 radical (unpaired) electrons. The van der Waals surface area contributed by atoms with Crippen LogP contribution in [0, 0.1) is 5.92 Å². The number of rotatable bonds is 8. The lowest BCUT2D eigenvalue weighted by molar-refractivity contribution is 0.354. The van der Waals surface area contributed by atoms with Crippen molar-refractivity contribution in [2.45, 2.75) is 31.8 Å². The molecule has 0 aliphatic heterocycles. The summed E-state index contributed by atoms with van der Waals surface area (Å²) in [6.07, 6.45) is 4.00. The first-order valence-corrected chi connectivity index (χ1v) is 10.4. The van der Waals surface area contributed by atoms with E-state index in [1.807, 2.05) is 18.2 Å². The van der Waals surface area contributed by atoms with Crippen LogP contribution in [0.1, 0.15) is 24.8 Å². The van der Waals surface area contributed by atoms with Crippen LogP contribution < -0.4 is 25.2 Å². The summed E-state index contributed by atoms with van der Waals surface area (Å²) in [5.74, 6) is 1.86. The number of halogens is 1. The molecule has 0 saturated heterocycles. The van der Waals surface area contributed by atoms with Crippen LogP contribution in [0.2, 0.25) is 0 Å². The minimum Gasteiger partial charge on any atom is -0.493 e. The lowest BCUT2D eigenvalue weighted by Gasteiger charge is -2.20. The summed E-state index contributed by atoms with van der Waals surface area (Å²) >= 11 is 0. The van der Waals surface area contributed by atoms with Crippen LogP contribution in [0.4, 0.5) is 0 Å². The van der Waals surface area contributed by atoms with E-state index in [0.29, 0.717) is 30.5 Å². The number of methoxy groups -OCH3 is 2. The van der Waals surface area contributed by atoms with Crippen molar-refractivity contribution in [1.29, 1.82) is 0 Å². The van der Waals surface area contributed by atoms with Crippen molar-refractivity contribution in [3.8, 4) is 11.5 Å². The molecule has 0 aromatic heterocycles. The summed E-state index contributed by atoms with van der Waals surface area (Å²) < 4.78 is 36.0. The predicted molar refractivity (Wildman–Crippen MR) is 117 cm³/mol. The van der Waals surface area contributed by atoms with Gasteiger partial charge >= 0.3 is 0 Å². The van der Waals surface area contributed by atoms with Gasteiger partial charge in [0.05, 0.1) is 27.0 Å². The Labute approximate surface area is 178 Å². The third-order valence-corrected chi connectivity index (χ3v) is 5.18. The normalized spacial score (nSPS) is 20.0. The number of nitrogens with one attached hydrogen (secondary N) is 2. The smallest absolute Gasteiger partial charge is 0.208 e. The number of nitrogens with zero attached hydrogens (tertiary/aromatic N) is 1. The number of sulfonamides is 1. The number of hydrogen-bond acceptors (Lipinski definition) is 5. The van der Waals surface area contributed by atoms with Crippen molar-refractivity contribution in [3.05, 3.63) is 23.8 Å². The van der Waals surface area contributed by atoms with Crippen LogP contribution in [0.3, 0.4) is 0 Å². The maximum absolute atomic E-state index is 11.4. The number of nitrogens with two attached hydrogens (primary N) is 1. The number of aliphatic imine (C=N–C) groups is 1. The molecule has 0 amide bonds. The molecular formula is C17H29IN4O4S. The lowest BCUT2D eigenvalue weighted by atomic mass is 10.1. The molecule has 2 unspecified atom stereocenters. The SMILES string of the molecule is COc1ccc(CN=C(N)NCC2CCCC2NS(C)(=O)=O)cc1OC.I. The maximum atomic E-state index is 11.4. The lowest BCUT2D eigenvalue weighted by Crippen LogP contribution is -2.43. The number of guanidine groups is 1. The number of benzene rings is 1. The molecular weight excluding hydrogens is 483 g/mol. The Kier molecular flexibility index (Phi) is 9.60. The molecule has 1 aromatic carbocycles. The molecule has 0 spiro atoms. The fourth-order valence-electron chi connectivity index (χ4n) is 3.16. The van der Waals surface area contributed by atoms with E-state index in [9.17, 15) is 8.42 Å². The molecule has 0 heterocycles. The van der Waals surface area contributed by atoms with E-state index in [1.165, 1.54) is 6.26 Å². The van der Waals surface area contributed by atoms with Crippen LogP contribution in [-0.4, -0.2) is 47.4 Å². The van der Waals surface area contributed by atoms with Crippen molar-refractivity contribution < 1.29 is 17.9 Å². The molecule has 154 valence electrons. The van der Waals surface area contributed by atoms with Gasteiger partial charge < -0.3 is 20.5 Å². The van der Waals surface area contributed by atoms with Crippen molar-refractivity contribution in [3.63, 3.8) is 0 Å². The van der Waals surface area contributed by atoms with E-state index in [-0.39, 0.29) is 35.9 Å². The van der Waals surface area contributed by atoms with Gasteiger partial charge in [0.15, 0.2) is 17.5 Å². The molecule has 27 heavy (non-hydrogen) atoms. The van der Waals surface area contributed by atoms with Gasteiger partial charge in [-0.05, 0) is 36.5 Å². The largest absolute Gasteiger partial charge is 0.493 e. The molecule has 1 aliphatic carbocycles. The highest BCUT2D eigenvalue weighted by Crippen LogP contribution is 2.28. The van der Waals surface area contributed by atoms with E-state index in [1.54, 1.807) is 14.2 Å². The monoisotopic (exact) mass is 512 g/mol. The summed E-state index contributed by atoms with van der Waals surface area (Å²) in [7, 11) is -0.0226. The first-order chi connectivity index (χ1) is 12.3. The minimum absolute atomic E-state index is 0. The van der Waals surface area contributed by atoms with Crippen molar-refractivity contribution in [1.82, 2.24) is 10.0 Å². The average molecular weight is 512 g/mol. The fourth-order valence-corrected chi connectivity index (χ4v) is 4.02. The minimum atomic E-state index is -3.20. The topological polar surface area (TPSA) is 115 Å². The van der Waals surface area contributed by atoms with Crippen molar-refractivity contribution in [2.75, 3.05) is 27.0 Å². The van der Waals surface area contributed by atoms with Gasteiger partial charge in [0, 0.05) is 12.6 Å². The third kappa shape index (κ3) is 7.70. The fraction of sp³-hybridized carbons (Fsp3) is 0.588. The maximum Gasteiger partial charge on any atom is 0.208 e. The van der Waals surface area contributed by atoms with Gasteiger partial charge in [-0.25, -0.2) is 18.1 Å². The Balaban J connectivity index is 0.00000364. The van der Waals surface area contributed by atoms with Crippen LogP contribution >= 0.6 is 24.0 Å². The molecule has 1 aliphatic rings. The van der Waals surface area contributed by atoms with Gasteiger partial charge in [-0.1, -0.05) is 12.5 Å². The van der Waals surface area contributed by atoms with Crippen LogP contribution in [-0.2, 0) is 16.6 Å². The first kappa shape index (κ1) is 23.8. The number of ether oxygens (including phenoxy) is 2. The second kappa shape index (κ2) is 10.9. The number of hydrogen-bond donors (Lipinski definition) is 3. The summed E-state index contributed by atoms with van der Waals surface area (Å²) in [6.45, 7) is 1.00. The molecule has 10 heteroatoms. The summed E-state index contributed by atoms with van der Waals surface area (Å²) in [6, 6.07) is 5.55. The second-order valence-electron chi connectivity index (χ2n) is 6.46. The van der Waals surface area contributed by atoms with Crippen LogP contribution in [0.15, 0.2) is 23.2 Å². The van der Waals surface area contributed by atoms with Gasteiger partial charge in [0.2, 0.25) is 10.0 Å². The molecule has 4 N–H and O–H groups in total. The van der Waals surface area contributed by atoms with Gasteiger partial charge in [-0.2, -0.15) is 0 Å². The van der Waals surface area contributed by atoms with E-state index >= 15 is 0 Å². The molecule has 8 nitrogen and oxygen atoms in total. The quantitative estimate of drug-likeness (QED) is 0.276.